The molecule has 0 saturated carbocycles. The van der Waals surface area contributed by atoms with E-state index in [1.807, 2.05) is 32.0 Å². The Morgan fingerprint density at radius 3 is 2.73 bits per heavy atom. The SMILES string of the molecule is Cc1cc(C(=O)CN2CCc3ccccc32)c(C)n1C1CCS(=O)(=O)C1. The quantitative estimate of drug-likeness (QED) is 0.775. The van der Waals surface area contributed by atoms with Crippen molar-refractivity contribution >= 4 is 21.3 Å². The largest absolute Gasteiger partial charge is 0.363 e. The van der Waals surface area contributed by atoms with Gasteiger partial charge >= 0.3 is 0 Å². The number of sulfone groups is 1. The number of Topliss-reactive ketones (excluding diaryl/α,β-unsaturated/α-hetero) is 1. The highest BCUT2D eigenvalue weighted by molar-refractivity contribution is 7.91. The van der Waals surface area contributed by atoms with Crippen LogP contribution < -0.4 is 4.90 Å². The number of hydrogen-bond donors (Lipinski definition) is 0. The minimum absolute atomic E-state index is 0.0472. The van der Waals surface area contributed by atoms with Crippen LogP contribution in [0.5, 0.6) is 0 Å². The van der Waals surface area contributed by atoms with Crippen LogP contribution in [-0.4, -0.2) is 43.4 Å². The Labute approximate surface area is 154 Å². The summed E-state index contributed by atoms with van der Waals surface area (Å²) in [6.07, 6.45) is 1.61. The Balaban J connectivity index is 1.57. The third kappa shape index (κ3) is 2.96. The van der Waals surface area contributed by atoms with Crippen LogP contribution in [-0.2, 0) is 16.3 Å². The highest BCUT2D eigenvalue weighted by Crippen LogP contribution is 2.31. The number of anilines is 1. The molecule has 1 unspecified atom stereocenters. The van der Waals surface area contributed by atoms with Gasteiger partial charge in [0.1, 0.15) is 0 Å². The number of rotatable bonds is 4. The number of hydrogen-bond acceptors (Lipinski definition) is 4. The number of carbonyl (C=O) groups is 1. The van der Waals surface area contributed by atoms with E-state index in [1.165, 1.54) is 5.56 Å². The van der Waals surface area contributed by atoms with Gasteiger partial charge in [-0.3, -0.25) is 4.79 Å². The van der Waals surface area contributed by atoms with Gasteiger partial charge in [-0.15, -0.1) is 0 Å². The third-order valence-corrected chi connectivity index (χ3v) is 7.43. The van der Waals surface area contributed by atoms with Gasteiger partial charge in [-0.05, 0) is 44.4 Å². The van der Waals surface area contributed by atoms with E-state index in [2.05, 4.69) is 21.6 Å². The highest BCUT2D eigenvalue weighted by Gasteiger charge is 2.32. The molecule has 0 radical (unpaired) electrons. The van der Waals surface area contributed by atoms with Gasteiger partial charge in [-0.2, -0.15) is 0 Å². The van der Waals surface area contributed by atoms with Gasteiger partial charge in [-0.1, -0.05) is 18.2 Å². The number of benzene rings is 1. The first-order chi connectivity index (χ1) is 12.4. The summed E-state index contributed by atoms with van der Waals surface area (Å²) in [5.41, 5.74) is 5.02. The van der Waals surface area contributed by atoms with Crippen LogP contribution >= 0.6 is 0 Å². The zero-order chi connectivity index (χ0) is 18.5. The van der Waals surface area contributed by atoms with Crippen LogP contribution in [0.25, 0.3) is 0 Å². The fourth-order valence-corrected chi connectivity index (χ4v) is 6.13. The van der Waals surface area contributed by atoms with Gasteiger partial charge in [0.05, 0.1) is 18.1 Å². The molecule has 1 aromatic carbocycles. The van der Waals surface area contributed by atoms with E-state index >= 15 is 0 Å². The van der Waals surface area contributed by atoms with Crippen LogP contribution in [0, 0.1) is 13.8 Å². The van der Waals surface area contributed by atoms with Crippen molar-refractivity contribution in [2.75, 3.05) is 29.5 Å². The molecule has 4 rings (SSSR count). The molecular weight excluding hydrogens is 348 g/mol. The second-order valence-electron chi connectivity index (χ2n) is 7.44. The minimum Gasteiger partial charge on any atom is -0.363 e. The fourth-order valence-electron chi connectivity index (χ4n) is 4.43. The Bertz CT molecular complexity index is 975. The summed E-state index contributed by atoms with van der Waals surface area (Å²) in [6, 6.07) is 10.1. The third-order valence-electron chi connectivity index (χ3n) is 5.68. The van der Waals surface area contributed by atoms with Crippen LogP contribution in [0.4, 0.5) is 5.69 Å². The summed E-state index contributed by atoms with van der Waals surface area (Å²) in [5.74, 6) is 0.515. The molecule has 2 aromatic rings. The van der Waals surface area contributed by atoms with Crippen molar-refractivity contribution in [3.05, 3.63) is 52.8 Å². The molecule has 2 aliphatic heterocycles. The summed E-state index contributed by atoms with van der Waals surface area (Å²) in [5, 5.41) is 0. The van der Waals surface area contributed by atoms with E-state index in [1.54, 1.807) is 0 Å². The monoisotopic (exact) mass is 372 g/mol. The first-order valence-corrected chi connectivity index (χ1v) is 10.9. The van der Waals surface area contributed by atoms with Gasteiger partial charge in [0.2, 0.25) is 0 Å². The molecule has 3 heterocycles. The average molecular weight is 372 g/mol. The Morgan fingerprint density at radius 1 is 1.23 bits per heavy atom. The van der Waals surface area contributed by atoms with E-state index in [9.17, 15) is 13.2 Å². The molecule has 0 bridgehead atoms. The van der Waals surface area contributed by atoms with Gasteiger partial charge < -0.3 is 9.47 Å². The number of nitrogens with zero attached hydrogens (tertiary/aromatic N) is 2. The molecule has 1 aromatic heterocycles. The van der Waals surface area contributed by atoms with Crippen molar-refractivity contribution in [2.45, 2.75) is 32.7 Å². The number of aromatic nitrogens is 1. The zero-order valence-corrected chi connectivity index (χ0v) is 16.1. The van der Waals surface area contributed by atoms with Crippen LogP contribution in [0.3, 0.4) is 0 Å². The summed E-state index contributed by atoms with van der Waals surface area (Å²) >= 11 is 0. The minimum atomic E-state index is -2.95. The summed E-state index contributed by atoms with van der Waals surface area (Å²) in [4.78, 5) is 15.1. The lowest BCUT2D eigenvalue weighted by Gasteiger charge is -2.19. The Kier molecular flexibility index (Phi) is 4.18. The maximum absolute atomic E-state index is 13.0. The second kappa shape index (κ2) is 6.27. The summed E-state index contributed by atoms with van der Waals surface area (Å²) < 4.78 is 25.7. The zero-order valence-electron chi connectivity index (χ0n) is 15.2. The molecule has 26 heavy (non-hydrogen) atoms. The predicted octanol–water partition coefficient (Wildman–Crippen LogP) is 2.71. The van der Waals surface area contributed by atoms with E-state index in [4.69, 9.17) is 0 Å². The molecule has 1 fully saturated rings. The number of carbonyl (C=O) groups excluding carboxylic acids is 1. The Hall–Kier alpha value is -2.08. The predicted molar refractivity (Wildman–Crippen MR) is 103 cm³/mol. The lowest BCUT2D eigenvalue weighted by Crippen LogP contribution is -2.28. The molecule has 1 atom stereocenters. The molecular formula is C20H24N2O3S. The average Bonchev–Trinajstić information content (AvgIpc) is 3.24. The van der Waals surface area contributed by atoms with Gasteiger partial charge in [-0.25, -0.2) is 8.42 Å². The summed E-state index contributed by atoms with van der Waals surface area (Å²) in [6.45, 7) is 5.12. The van der Waals surface area contributed by atoms with Crippen molar-refractivity contribution in [1.82, 2.24) is 4.57 Å². The molecule has 6 heteroatoms. The Morgan fingerprint density at radius 2 is 2.00 bits per heavy atom. The van der Waals surface area contributed by atoms with Crippen molar-refractivity contribution in [1.29, 1.82) is 0 Å². The van der Waals surface area contributed by atoms with Gasteiger partial charge in [0.25, 0.3) is 0 Å². The summed E-state index contributed by atoms with van der Waals surface area (Å²) in [7, 11) is -2.95. The molecule has 2 aliphatic rings. The number of fused-ring (bicyclic) bond motifs is 1. The van der Waals surface area contributed by atoms with Crippen molar-refractivity contribution in [2.24, 2.45) is 0 Å². The van der Waals surface area contributed by atoms with Crippen LogP contribution in [0.1, 0.15) is 39.8 Å². The number of aryl methyl sites for hydroxylation is 1. The van der Waals surface area contributed by atoms with E-state index in [-0.39, 0.29) is 23.3 Å². The lowest BCUT2D eigenvalue weighted by atomic mass is 10.1. The standard InChI is InChI=1S/C20H24N2O3S/c1-14-11-18(15(2)22(14)17-8-10-26(24,25)13-17)20(23)12-21-9-7-16-5-3-4-6-19(16)21/h3-6,11,17H,7-10,12-13H2,1-2H3. The van der Waals surface area contributed by atoms with E-state index in [0.717, 1.165) is 35.6 Å². The first kappa shape index (κ1) is 17.3. The smallest absolute Gasteiger partial charge is 0.183 e. The second-order valence-corrected chi connectivity index (χ2v) is 9.66. The fraction of sp³-hybridized carbons (Fsp3) is 0.450. The molecule has 0 spiro atoms. The van der Waals surface area contributed by atoms with E-state index in [0.29, 0.717) is 13.0 Å². The molecule has 0 amide bonds. The van der Waals surface area contributed by atoms with Crippen LogP contribution in [0.2, 0.25) is 0 Å². The first-order valence-electron chi connectivity index (χ1n) is 9.10. The topological polar surface area (TPSA) is 59.4 Å². The van der Waals surface area contributed by atoms with Crippen molar-refractivity contribution in [3.8, 4) is 0 Å². The van der Waals surface area contributed by atoms with E-state index < -0.39 is 9.84 Å². The van der Waals surface area contributed by atoms with Gasteiger partial charge in [0.15, 0.2) is 15.6 Å². The van der Waals surface area contributed by atoms with Crippen molar-refractivity contribution in [3.63, 3.8) is 0 Å². The van der Waals surface area contributed by atoms with Crippen molar-refractivity contribution < 1.29 is 13.2 Å². The maximum Gasteiger partial charge on any atom is 0.183 e. The molecule has 138 valence electrons. The number of ketones is 1. The molecule has 1 saturated heterocycles. The maximum atomic E-state index is 13.0. The lowest BCUT2D eigenvalue weighted by molar-refractivity contribution is 0.0998. The molecule has 0 aliphatic carbocycles. The van der Waals surface area contributed by atoms with Crippen LogP contribution in [0.15, 0.2) is 30.3 Å². The normalized spacial score (nSPS) is 21.2. The molecule has 0 N–H and O–H groups in total. The van der Waals surface area contributed by atoms with Gasteiger partial charge in [0, 0.05) is 35.2 Å². The molecule has 5 nitrogen and oxygen atoms in total. The number of para-hydroxylation sites is 1. The highest BCUT2D eigenvalue weighted by atomic mass is 32.2.